The number of hydrogen-bond donors (Lipinski definition) is 1. The smallest absolute Gasteiger partial charge is 0.296 e. The van der Waals surface area contributed by atoms with Crippen molar-refractivity contribution >= 4 is 38.4 Å². The van der Waals surface area contributed by atoms with Crippen molar-refractivity contribution in [2.45, 2.75) is 6.04 Å². The van der Waals surface area contributed by atoms with Crippen molar-refractivity contribution in [1.29, 1.82) is 0 Å². The van der Waals surface area contributed by atoms with E-state index in [9.17, 15) is 19.1 Å². The van der Waals surface area contributed by atoms with Crippen molar-refractivity contribution in [2.75, 3.05) is 12.0 Å². The number of aromatic nitrogens is 1. The maximum absolute atomic E-state index is 13.7. The van der Waals surface area contributed by atoms with Crippen LogP contribution in [-0.2, 0) is 4.79 Å². The SMILES string of the molecule is COc1ccc([C@@H]2C(C(=O)c3ccco3)=C(O)C(=O)N2c2nc3ccc(F)cc3s2)cc1. The predicted octanol–water partition coefficient (Wildman–Crippen LogP) is 4.82. The Balaban J connectivity index is 1.67. The van der Waals surface area contributed by atoms with Crippen LogP contribution in [0.4, 0.5) is 9.52 Å². The van der Waals surface area contributed by atoms with Gasteiger partial charge in [-0.1, -0.05) is 23.5 Å². The third-order valence-electron chi connectivity index (χ3n) is 5.17. The summed E-state index contributed by atoms with van der Waals surface area (Å²) in [4.78, 5) is 32.0. The average molecular weight is 450 g/mol. The molecule has 3 heterocycles. The number of ether oxygens (including phenoxy) is 1. The molecule has 0 saturated heterocycles. The molecule has 2 aromatic heterocycles. The number of aliphatic hydroxyl groups is 1. The fourth-order valence-corrected chi connectivity index (χ4v) is 4.68. The molecule has 32 heavy (non-hydrogen) atoms. The van der Waals surface area contributed by atoms with Crippen LogP contribution in [-0.4, -0.2) is 28.9 Å². The Morgan fingerprint density at radius 3 is 2.69 bits per heavy atom. The summed E-state index contributed by atoms with van der Waals surface area (Å²) in [7, 11) is 1.53. The number of hydrogen-bond acceptors (Lipinski definition) is 7. The first-order chi connectivity index (χ1) is 15.5. The third kappa shape index (κ3) is 3.14. The molecule has 0 unspecified atom stereocenters. The number of carbonyl (C=O) groups is 2. The molecule has 5 rings (SSSR count). The zero-order valence-electron chi connectivity index (χ0n) is 16.6. The van der Waals surface area contributed by atoms with Gasteiger partial charge in [0.1, 0.15) is 11.6 Å². The van der Waals surface area contributed by atoms with E-state index in [4.69, 9.17) is 9.15 Å². The Bertz CT molecular complexity index is 1380. The maximum Gasteiger partial charge on any atom is 0.296 e. The summed E-state index contributed by atoms with van der Waals surface area (Å²) in [6.45, 7) is 0. The van der Waals surface area contributed by atoms with Gasteiger partial charge < -0.3 is 14.3 Å². The summed E-state index contributed by atoms with van der Waals surface area (Å²) >= 11 is 1.09. The summed E-state index contributed by atoms with van der Waals surface area (Å²) in [6.07, 6.45) is 1.34. The second-order valence-corrected chi connectivity index (χ2v) is 8.04. The van der Waals surface area contributed by atoms with Crippen molar-refractivity contribution in [3.63, 3.8) is 0 Å². The van der Waals surface area contributed by atoms with Crippen molar-refractivity contribution in [3.8, 4) is 5.75 Å². The van der Waals surface area contributed by atoms with E-state index in [-0.39, 0.29) is 16.5 Å². The van der Waals surface area contributed by atoms with Gasteiger partial charge in [0.05, 0.1) is 35.2 Å². The lowest BCUT2D eigenvalue weighted by Gasteiger charge is -2.24. The zero-order valence-corrected chi connectivity index (χ0v) is 17.4. The van der Waals surface area contributed by atoms with Gasteiger partial charge in [0.15, 0.2) is 16.7 Å². The first-order valence-corrected chi connectivity index (χ1v) is 10.3. The Hall–Kier alpha value is -3.98. The number of furan rings is 1. The van der Waals surface area contributed by atoms with E-state index in [2.05, 4.69) is 4.98 Å². The average Bonchev–Trinajstić information content (AvgIpc) is 3.52. The Labute approximate surface area is 185 Å². The number of Topliss-reactive ketones (excluding diaryl/α,β-unsaturated/α-hetero) is 1. The van der Waals surface area contributed by atoms with E-state index >= 15 is 0 Å². The lowest BCUT2D eigenvalue weighted by Crippen LogP contribution is -2.30. The topological polar surface area (TPSA) is 92.9 Å². The molecule has 4 aromatic rings. The molecule has 1 aliphatic heterocycles. The van der Waals surface area contributed by atoms with Gasteiger partial charge in [0, 0.05) is 0 Å². The lowest BCUT2D eigenvalue weighted by molar-refractivity contribution is -0.117. The molecule has 0 fully saturated rings. The molecule has 160 valence electrons. The number of aliphatic hydroxyl groups excluding tert-OH is 1. The quantitative estimate of drug-likeness (QED) is 0.438. The third-order valence-corrected chi connectivity index (χ3v) is 6.19. The van der Waals surface area contributed by atoms with E-state index in [0.29, 0.717) is 21.5 Å². The predicted molar refractivity (Wildman–Crippen MR) is 115 cm³/mol. The highest BCUT2D eigenvalue weighted by atomic mass is 32.1. The molecule has 0 spiro atoms. The van der Waals surface area contributed by atoms with Gasteiger partial charge in [-0.25, -0.2) is 9.37 Å². The number of halogens is 1. The summed E-state index contributed by atoms with van der Waals surface area (Å²) in [5.41, 5.74) is 0.932. The number of methoxy groups -OCH3 is 1. The highest BCUT2D eigenvalue weighted by molar-refractivity contribution is 7.22. The van der Waals surface area contributed by atoms with Crippen molar-refractivity contribution in [3.05, 3.63) is 89.3 Å². The van der Waals surface area contributed by atoms with Gasteiger partial charge in [-0.2, -0.15) is 0 Å². The van der Waals surface area contributed by atoms with Crippen LogP contribution in [0.2, 0.25) is 0 Å². The minimum absolute atomic E-state index is 0.00826. The van der Waals surface area contributed by atoms with Gasteiger partial charge in [-0.05, 0) is 48.0 Å². The first-order valence-electron chi connectivity index (χ1n) is 9.53. The minimum atomic E-state index is -0.962. The van der Waals surface area contributed by atoms with Crippen LogP contribution in [0.5, 0.6) is 5.75 Å². The fraction of sp³-hybridized carbons (Fsp3) is 0.0870. The normalized spacial score (nSPS) is 16.2. The highest BCUT2D eigenvalue weighted by Gasteiger charge is 2.46. The van der Waals surface area contributed by atoms with E-state index in [1.807, 2.05) is 0 Å². The number of rotatable bonds is 5. The molecule has 0 radical (unpaired) electrons. The van der Waals surface area contributed by atoms with Crippen LogP contribution in [0.3, 0.4) is 0 Å². The number of fused-ring (bicyclic) bond motifs is 1. The number of benzene rings is 2. The number of ketones is 1. The van der Waals surface area contributed by atoms with Crippen LogP contribution >= 0.6 is 11.3 Å². The Kier molecular flexibility index (Phi) is 4.75. The molecule has 0 bridgehead atoms. The van der Waals surface area contributed by atoms with Crippen LogP contribution in [0.15, 0.2) is 76.6 Å². The number of nitrogens with zero attached hydrogens (tertiary/aromatic N) is 2. The van der Waals surface area contributed by atoms with Crippen LogP contribution in [0.25, 0.3) is 10.2 Å². The van der Waals surface area contributed by atoms with Crippen LogP contribution in [0.1, 0.15) is 22.2 Å². The molecule has 1 N–H and O–H groups in total. The van der Waals surface area contributed by atoms with Crippen LogP contribution in [0, 0.1) is 5.82 Å². The monoisotopic (exact) mass is 450 g/mol. The van der Waals surface area contributed by atoms with Gasteiger partial charge in [0.25, 0.3) is 5.91 Å². The summed E-state index contributed by atoms with van der Waals surface area (Å²) < 4.78 is 24.6. The highest BCUT2D eigenvalue weighted by Crippen LogP contribution is 2.44. The van der Waals surface area contributed by atoms with Crippen molar-refractivity contribution in [2.24, 2.45) is 0 Å². The number of thiazole rings is 1. The van der Waals surface area contributed by atoms with Crippen molar-refractivity contribution in [1.82, 2.24) is 4.98 Å². The summed E-state index contributed by atoms with van der Waals surface area (Å²) in [5, 5.41) is 11.0. The molecule has 7 nitrogen and oxygen atoms in total. The molecule has 1 amide bonds. The van der Waals surface area contributed by atoms with Gasteiger partial charge in [-0.3, -0.25) is 14.5 Å². The van der Waals surface area contributed by atoms with Crippen LogP contribution < -0.4 is 9.64 Å². The number of anilines is 1. The van der Waals surface area contributed by atoms with Crippen molar-refractivity contribution < 1.29 is 28.2 Å². The van der Waals surface area contributed by atoms with E-state index in [1.54, 1.807) is 30.3 Å². The van der Waals surface area contributed by atoms with E-state index in [0.717, 1.165) is 11.3 Å². The molecule has 1 atom stereocenters. The maximum atomic E-state index is 13.7. The zero-order chi connectivity index (χ0) is 22.4. The molecule has 9 heteroatoms. The van der Waals surface area contributed by atoms with Gasteiger partial charge in [-0.15, -0.1) is 0 Å². The Morgan fingerprint density at radius 2 is 2.00 bits per heavy atom. The first kappa shape index (κ1) is 20.0. The molecule has 2 aromatic carbocycles. The lowest BCUT2D eigenvalue weighted by atomic mass is 9.95. The second-order valence-electron chi connectivity index (χ2n) is 7.03. The molecule has 1 aliphatic rings. The molecule has 0 saturated carbocycles. The number of amides is 1. The summed E-state index contributed by atoms with van der Waals surface area (Å²) in [6, 6.07) is 12.9. The standard InChI is InChI=1S/C23H15FN2O5S/c1-30-14-7-4-12(5-8-14)19-18(20(27)16-3-2-10-31-16)21(28)22(29)26(19)23-25-15-9-6-13(24)11-17(15)32-23/h2-11,19,28H,1H3/t19-/m1/s1. The van der Waals surface area contributed by atoms with Gasteiger partial charge >= 0.3 is 0 Å². The van der Waals surface area contributed by atoms with Gasteiger partial charge in [0.2, 0.25) is 5.78 Å². The Morgan fingerprint density at radius 1 is 1.22 bits per heavy atom. The second kappa shape index (κ2) is 7.61. The molecule has 0 aliphatic carbocycles. The van der Waals surface area contributed by atoms with E-state index in [1.165, 1.54) is 42.5 Å². The number of carbonyl (C=O) groups excluding carboxylic acids is 2. The van der Waals surface area contributed by atoms with E-state index < -0.39 is 29.3 Å². The summed E-state index contributed by atoms with van der Waals surface area (Å²) in [5.74, 6) is -1.92. The minimum Gasteiger partial charge on any atom is -0.503 e. The fourth-order valence-electron chi connectivity index (χ4n) is 3.67. The molecular weight excluding hydrogens is 435 g/mol. The molecular formula is C23H15FN2O5S. The largest absolute Gasteiger partial charge is 0.503 e.